The Kier molecular flexibility index (Phi) is 4.50. The minimum Gasteiger partial charge on any atom is -0.496 e. The van der Waals surface area contributed by atoms with E-state index in [-0.39, 0.29) is 10.8 Å². The van der Waals surface area contributed by atoms with Crippen LogP contribution in [0, 0.1) is 6.92 Å². The van der Waals surface area contributed by atoms with E-state index in [1.54, 1.807) is 31.2 Å². The number of rotatable bonds is 4. The largest absolute Gasteiger partial charge is 0.496 e. The summed E-state index contributed by atoms with van der Waals surface area (Å²) in [6, 6.07) is 6.30. The molecule has 1 heterocycles. The van der Waals surface area contributed by atoms with Crippen molar-refractivity contribution in [1.29, 1.82) is 0 Å². The van der Waals surface area contributed by atoms with Crippen LogP contribution in [0.4, 0.5) is 5.00 Å². The van der Waals surface area contributed by atoms with E-state index in [9.17, 15) is 9.59 Å². The lowest BCUT2D eigenvalue weighted by Gasteiger charge is -2.08. The zero-order chi connectivity index (χ0) is 15.6. The Hall–Kier alpha value is -2.05. The molecule has 2 rings (SSSR count). The number of thiophene rings is 1. The molecule has 0 bridgehead atoms. The van der Waals surface area contributed by atoms with Gasteiger partial charge in [-0.25, -0.2) is 4.79 Å². The third-order valence-corrected chi connectivity index (χ3v) is 4.13. The summed E-state index contributed by atoms with van der Waals surface area (Å²) < 4.78 is 5.12. The van der Waals surface area contributed by atoms with Gasteiger partial charge in [0, 0.05) is 5.02 Å². The molecule has 7 heteroatoms. The van der Waals surface area contributed by atoms with Gasteiger partial charge in [0.2, 0.25) is 0 Å². The van der Waals surface area contributed by atoms with Crippen LogP contribution in [0.25, 0.3) is 0 Å². The highest BCUT2D eigenvalue weighted by molar-refractivity contribution is 7.18. The third-order valence-electron chi connectivity index (χ3n) is 2.76. The summed E-state index contributed by atoms with van der Waals surface area (Å²) in [7, 11) is 1.44. The van der Waals surface area contributed by atoms with Crippen LogP contribution in [0.1, 0.15) is 25.6 Å². The SMILES string of the molecule is COc1cc(Cl)ccc1C(=O)Nc1cc(C)c(C(=O)O)s1. The molecule has 110 valence electrons. The van der Waals surface area contributed by atoms with Crippen LogP contribution in [-0.2, 0) is 0 Å². The number of ether oxygens (including phenoxy) is 1. The number of anilines is 1. The maximum Gasteiger partial charge on any atom is 0.346 e. The van der Waals surface area contributed by atoms with Gasteiger partial charge in [-0.05, 0) is 36.8 Å². The number of carboxylic acids is 1. The Morgan fingerprint density at radius 1 is 1.33 bits per heavy atom. The minimum absolute atomic E-state index is 0.202. The van der Waals surface area contributed by atoms with Gasteiger partial charge in [0.25, 0.3) is 5.91 Å². The summed E-state index contributed by atoms with van der Waals surface area (Å²) in [5.74, 6) is -1.05. The Bertz CT molecular complexity index is 711. The number of aryl methyl sites for hydroxylation is 1. The summed E-state index contributed by atoms with van der Waals surface area (Å²) in [6.45, 7) is 1.68. The average Bonchev–Trinajstić information content (AvgIpc) is 2.79. The van der Waals surface area contributed by atoms with Gasteiger partial charge in [-0.2, -0.15) is 0 Å². The van der Waals surface area contributed by atoms with E-state index in [4.69, 9.17) is 21.4 Å². The van der Waals surface area contributed by atoms with Crippen molar-refractivity contribution >= 4 is 39.8 Å². The van der Waals surface area contributed by atoms with Crippen LogP contribution in [0.15, 0.2) is 24.3 Å². The van der Waals surface area contributed by atoms with E-state index < -0.39 is 5.97 Å². The minimum atomic E-state index is -1.01. The Morgan fingerprint density at radius 2 is 2.05 bits per heavy atom. The number of carbonyl (C=O) groups excluding carboxylic acids is 1. The van der Waals surface area contributed by atoms with Crippen LogP contribution >= 0.6 is 22.9 Å². The molecular weight excluding hydrogens is 314 g/mol. The highest BCUT2D eigenvalue weighted by Gasteiger charge is 2.17. The van der Waals surface area contributed by atoms with Crippen LogP contribution in [0.5, 0.6) is 5.75 Å². The van der Waals surface area contributed by atoms with Crippen LogP contribution in [0.3, 0.4) is 0 Å². The topological polar surface area (TPSA) is 75.6 Å². The van der Waals surface area contributed by atoms with E-state index in [1.165, 1.54) is 7.11 Å². The van der Waals surface area contributed by atoms with Gasteiger partial charge in [0.05, 0.1) is 17.7 Å². The second kappa shape index (κ2) is 6.15. The van der Waals surface area contributed by atoms with Crippen molar-refractivity contribution in [1.82, 2.24) is 0 Å². The number of methoxy groups -OCH3 is 1. The molecule has 0 saturated heterocycles. The average molecular weight is 326 g/mol. The summed E-state index contributed by atoms with van der Waals surface area (Å²) >= 11 is 6.85. The maximum atomic E-state index is 12.2. The molecule has 0 spiro atoms. The van der Waals surface area contributed by atoms with Gasteiger partial charge in [-0.1, -0.05) is 11.6 Å². The Morgan fingerprint density at radius 3 is 2.62 bits per heavy atom. The van der Waals surface area contributed by atoms with E-state index >= 15 is 0 Å². The molecule has 0 radical (unpaired) electrons. The lowest BCUT2D eigenvalue weighted by molar-refractivity contribution is 0.0701. The van der Waals surface area contributed by atoms with E-state index in [2.05, 4.69) is 5.32 Å². The van der Waals surface area contributed by atoms with Crippen LogP contribution in [-0.4, -0.2) is 24.1 Å². The zero-order valence-corrected chi connectivity index (χ0v) is 12.8. The van der Waals surface area contributed by atoms with Crippen molar-refractivity contribution in [2.75, 3.05) is 12.4 Å². The van der Waals surface area contributed by atoms with Gasteiger partial charge in [-0.15, -0.1) is 11.3 Å². The molecule has 5 nitrogen and oxygen atoms in total. The van der Waals surface area contributed by atoms with Gasteiger partial charge >= 0.3 is 5.97 Å². The molecule has 1 aromatic carbocycles. The van der Waals surface area contributed by atoms with Crippen LogP contribution < -0.4 is 10.1 Å². The van der Waals surface area contributed by atoms with Crippen molar-refractivity contribution in [2.45, 2.75) is 6.92 Å². The van der Waals surface area contributed by atoms with Crippen molar-refractivity contribution in [3.63, 3.8) is 0 Å². The highest BCUT2D eigenvalue weighted by atomic mass is 35.5. The molecule has 0 saturated carbocycles. The molecule has 0 aliphatic carbocycles. The second-order valence-corrected chi connectivity index (χ2v) is 5.72. The molecule has 1 amide bonds. The molecule has 0 unspecified atom stereocenters. The fraction of sp³-hybridized carbons (Fsp3) is 0.143. The van der Waals surface area contributed by atoms with Gasteiger partial charge in [0.1, 0.15) is 10.6 Å². The first-order valence-corrected chi connectivity index (χ1v) is 7.10. The summed E-state index contributed by atoms with van der Waals surface area (Å²) in [5, 5.41) is 12.6. The molecule has 0 aliphatic heterocycles. The predicted molar refractivity (Wildman–Crippen MR) is 82.0 cm³/mol. The monoisotopic (exact) mass is 325 g/mol. The zero-order valence-electron chi connectivity index (χ0n) is 11.3. The number of carbonyl (C=O) groups is 2. The first-order valence-electron chi connectivity index (χ1n) is 5.91. The maximum absolute atomic E-state index is 12.2. The van der Waals surface area contributed by atoms with Crippen molar-refractivity contribution in [3.8, 4) is 5.75 Å². The second-order valence-electron chi connectivity index (χ2n) is 4.23. The van der Waals surface area contributed by atoms with Crippen molar-refractivity contribution < 1.29 is 19.4 Å². The quantitative estimate of drug-likeness (QED) is 0.899. The fourth-order valence-electron chi connectivity index (χ4n) is 1.79. The molecule has 21 heavy (non-hydrogen) atoms. The number of amides is 1. The lowest BCUT2D eigenvalue weighted by atomic mass is 10.2. The molecule has 1 aromatic heterocycles. The third kappa shape index (κ3) is 3.34. The van der Waals surface area contributed by atoms with Crippen LogP contribution in [0.2, 0.25) is 5.02 Å². The van der Waals surface area contributed by atoms with Crippen molar-refractivity contribution in [2.24, 2.45) is 0 Å². The molecule has 0 aliphatic rings. The lowest BCUT2D eigenvalue weighted by Crippen LogP contribution is -2.12. The van der Waals surface area contributed by atoms with E-state index in [1.807, 2.05) is 0 Å². The molecule has 0 atom stereocenters. The standard InChI is InChI=1S/C14H12ClNO4S/c1-7-5-11(21-12(7)14(18)19)16-13(17)9-4-3-8(15)6-10(9)20-2/h3-6H,1-2H3,(H,16,17)(H,18,19). The summed E-state index contributed by atoms with van der Waals surface area (Å²) in [5.41, 5.74) is 0.927. The first kappa shape index (κ1) is 15.3. The van der Waals surface area contributed by atoms with Gasteiger partial charge in [-0.3, -0.25) is 4.79 Å². The number of aromatic carboxylic acids is 1. The normalized spacial score (nSPS) is 10.2. The van der Waals surface area contributed by atoms with E-state index in [0.717, 1.165) is 11.3 Å². The first-order chi connectivity index (χ1) is 9.92. The molecular formula is C14H12ClNO4S. The Balaban J connectivity index is 2.26. The molecule has 0 fully saturated rings. The fourth-order valence-corrected chi connectivity index (χ4v) is 2.86. The number of nitrogens with one attached hydrogen (secondary N) is 1. The summed E-state index contributed by atoms with van der Waals surface area (Å²) in [6.07, 6.45) is 0. The smallest absolute Gasteiger partial charge is 0.346 e. The number of hydrogen-bond acceptors (Lipinski definition) is 4. The number of carboxylic acid groups (broad SMARTS) is 1. The Labute approximate surface area is 130 Å². The number of hydrogen-bond donors (Lipinski definition) is 2. The number of halogens is 1. The van der Waals surface area contributed by atoms with Gasteiger partial charge < -0.3 is 15.2 Å². The van der Waals surface area contributed by atoms with E-state index in [0.29, 0.717) is 26.9 Å². The summed E-state index contributed by atoms with van der Waals surface area (Å²) in [4.78, 5) is 23.4. The predicted octanol–water partition coefficient (Wildman–Crippen LogP) is 3.67. The van der Waals surface area contributed by atoms with Crippen molar-refractivity contribution in [3.05, 3.63) is 45.3 Å². The van der Waals surface area contributed by atoms with Gasteiger partial charge in [0.15, 0.2) is 0 Å². The number of benzene rings is 1. The molecule has 2 aromatic rings. The molecule has 2 N–H and O–H groups in total. The highest BCUT2D eigenvalue weighted by Crippen LogP contribution is 2.29.